The fourth-order valence-electron chi connectivity index (χ4n) is 1.48. The molecule has 0 fully saturated rings. The molecule has 0 saturated heterocycles. The zero-order valence-corrected chi connectivity index (χ0v) is 12.5. The van der Waals surface area contributed by atoms with Crippen molar-refractivity contribution in [1.29, 1.82) is 0 Å². The van der Waals surface area contributed by atoms with Gasteiger partial charge >= 0.3 is 0 Å². The van der Waals surface area contributed by atoms with E-state index in [1.165, 1.54) is 5.56 Å². The fourth-order valence-corrected chi connectivity index (χ4v) is 1.85. The van der Waals surface area contributed by atoms with E-state index >= 15 is 0 Å². The van der Waals surface area contributed by atoms with Gasteiger partial charge in [-0.05, 0) is 40.9 Å². The van der Waals surface area contributed by atoms with Gasteiger partial charge in [-0.2, -0.15) is 0 Å². The van der Waals surface area contributed by atoms with Crippen LogP contribution in [0.25, 0.3) is 0 Å². The van der Waals surface area contributed by atoms with Gasteiger partial charge in [0.25, 0.3) is 0 Å². The molecule has 0 spiro atoms. The highest BCUT2D eigenvalue weighted by atomic mass is 79.9. The van der Waals surface area contributed by atoms with Gasteiger partial charge in [0.05, 0.1) is 0 Å². The zero-order valence-electron chi connectivity index (χ0n) is 10.9. The molecule has 4 heteroatoms. The van der Waals surface area contributed by atoms with Gasteiger partial charge < -0.3 is 10.6 Å². The summed E-state index contributed by atoms with van der Waals surface area (Å²) in [6.07, 6.45) is 2.99. The predicted octanol–water partition coefficient (Wildman–Crippen LogP) is 3.41. The summed E-state index contributed by atoms with van der Waals surface area (Å²) in [5, 5.41) is 6.80. The summed E-state index contributed by atoms with van der Waals surface area (Å²) >= 11 is 3.47. The molecular formula is C13H22BrN3. The van der Waals surface area contributed by atoms with Crippen LogP contribution in [0.4, 0.5) is 5.82 Å². The van der Waals surface area contributed by atoms with Crippen LogP contribution in [-0.4, -0.2) is 18.1 Å². The largest absolute Gasteiger partial charge is 0.370 e. The van der Waals surface area contributed by atoms with E-state index in [0.29, 0.717) is 5.92 Å². The monoisotopic (exact) mass is 299 g/mol. The van der Waals surface area contributed by atoms with E-state index in [4.69, 9.17) is 0 Å². The Morgan fingerprint density at radius 3 is 2.82 bits per heavy atom. The average Bonchev–Trinajstić information content (AvgIpc) is 2.28. The summed E-state index contributed by atoms with van der Waals surface area (Å²) in [6, 6.07) is 2.12. The number of anilines is 1. The minimum atomic E-state index is 0.622. The summed E-state index contributed by atoms with van der Waals surface area (Å²) < 4.78 is 1.03. The fraction of sp³-hybridized carbons (Fsp3) is 0.615. The second-order valence-electron chi connectivity index (χ2n) is 4.61. The molecule has 17 heavy (non-hydrogen) atoms. The van der Waals surface area contributed by atoms with Crippen molar-refractivity contribution >= 4 is 21.7 Å². The second kappa shape index (κ2) is 7.67. The minimum Gasteiger partial charge on any atom is -0.370 e. The quantitative estimate of drug-likeness (QED) is 0.758. The van der Waals surface area contributed by atoms with Crippen molar-refractivity contribution in [2.75, 3.05) is 18.4 Å². The Balaban J connectivity index is 2.66. The Morgan fingerprint density at radius 2 is 2.18 bits per heavy atom. The zero-order chi connectivity index (χ0) is 12.7. The molecule has 3 nitrogen and oxygen atoms in total. The highest BCUT2D eigenvalue weighted by molar-refractivity contribution is 9.10. The smallest absolute Gasteiger partial charge is 0.130 e. The molecule has 2 N–H and O–H groups in total. The van der Waals surface area contributed by atoms with Gasteiger partial charge in [-0.15, -0.1) is 0 Å². The molecule has 0 amide bonds. The molecule has 1 aromatic rings. The number of nitrogens with zero attached hydrogens (tertiary/aromatic N) is 1. The molecular weight excluding hydrogens is 278 g/mol. The van der Waals surface area contributed by atoms with Crippen molar-refractivity contribution in [3.05, 3.63) is 22.3 Å². The first-order valence-corrected chi connectivity index (χ1v) is 7.01. The number of hydrogen-bond donors (Lipinski definition) is 2. The Morgan fingerprint density at radius 1 is 1.41 bits per heavy atom. The maximum Gasteiger partial charge on any atom is 0.130 e. The van der Waals surface area contributed by atoms with Crippen molar-refractivity contribution in [3.8, 4) is 0 Å². The summed E-state index contributed by atoms with van der Waals surface area (Å²) in [4.78, 5) is 4.43. The SMILES string of the molecule is CCCNCc1cc(Br)cnc1NCC(C)C. The third-order valence-electron chi connectivity index (χ3n) is 2.35. The third kappa shape index (κ3) is 5.50. The van der Waals surface area contributed by atoms with Gasteiger partial charge in [-0.1, -0.05) is 20.8 Å². The van der Waals surface area contributed by atoms with Gasteiger partial charge in [0.15, 0.2) is 0 Å². The van der Waals surface area contributed by atoms with Crippen LogP contribution >= 0.6 is 15.9 Å². The average molecular weight is 300 g/mol. The molecule has 0 aliphatic heterocycles. The summed E-state index contributed by atoms with van der Waals surface area (Å²) in [5.74, 6) is 1.61. The number of halogens is 1. The van der Waals surface area contributed by atoms with Crippen molar-refractivity contribution < 1.29 is 0 Å². The third-order valence-corrected chi connectivity index (χ3v) is 2.79. The Kier molecular flexibility index (Phi) is 6.52. The highest BCUT2D eigenvalue weighted by Crippen LogP contribution is 2.18. The molecule has 0 aliphatic carbocycles. The van der Waals surface area contributed by atoms with Gasteiger partial charge in [-0.3, -0.25) is 0 Å². The van der Waals surface area contributed by atoms with Crippen molar-refractivity contribution in [2.24, 2.45) is 5.92 Å². The Labute approximate surface area is 113 Å². The van der Waals surface area contributed by atoms with Crippen LogP contribution < -0.4 is 10.6 Å². The van der Waals surface area contributed by atoms with Gasteiger partial charge in [0.2, 0.25) is 0 Å². The molecule has 0 bridgehead atoms. The Hall–Kier alpha value is -0.610. The molecule has 0 saturated carbocycles. The number of rotatable bonds is 7. The van der Waals surface area contributed by atoms with E-state index in [1.807, 2.05) is 6.20 Å². The molecule has 0 unspecified atom stereocenters. The second-order valence-corrected chi connectivity index (χ2v) is 5.53. The van der Waals surface area contributed by atoms with Crippen LogP contribution in [0.2, 0.25) is 0 Å². The van der Waals surface area contributed by atoms with Crippen molar-refractivity contribution in [1.82, 2.24) is 10.3 Å². The first-order valence-electron chi connectivity index (χ1n) is 6.22. The first-order chi connectivity index (χ1) is 8.13. The van der Waals surface area contributed by atoms with Crippen LogP contribution in [0, 0.1) is 5.92 Å². The van der Waals surface area contributed by atoms with Crippen LogP contribution in [0.3, 0.4) is 0 Å². The topological polar surface area (TPSA) is 37.0 Å². The maximum absolute atomic E-state index is 4.43. The van der Waals surface area contributed by atoms with Crippen molar-refractivity contribution in [2.45, 2.75) is 33.7 Å². The summed E-state index contributed by atoms with van der Waals surface area (Å²) in [5.41, 5.74) is 1.22. The summed E-state index contributed by atoms with van der Waals surface area (Å²) in [7, 11) is 0. The molecule has 0 atom stereocenters. The summed E-state index contributed by atoms with van der Waals surface area (Å²) in [6.45, 7) is 9.41. The van der Waals surface area contributed by atoms with Crippen LogP contribution in [0.5, 0.6) is 0 Å². The minimum absolute atomic E-state index is 0.622. The lowest BCUT2D eigenvalue weighted by molar-refractivity contribution is 0.667. The number of pyridine rings is 1. The molecule has 0 aromatic carbocycles. The molecule has 1 aromatic heterocycles. The lowest BCUT2D eigenvalue weighted by atomic mass is 10.2. The molecule has 1 heterocycles. The number of hydrogen-bond acceptors (Lipinski definition) is 3. The van der Waals surface area contributed by atoms with Crippen molar-refractivity contribution in [3.63, 3.8) is 0 Å². The molecule has 1 rings (SSSR count). The van der Waals surface area contributed by atoms with Gasteiger partial charge in [0.1, 0.15) is 5.82 Å². The number of nitrogens with one attached hydrogen (secondary N) is 2. The molecule has 0 radical (unpaired) electrons. The van der Waals surface area contributed by atoms with E-state index < -0.39 is 0 Å². The maximum atomic E-state index is 4.43. The van der Waals surface area contributed by atoms with Crippen LogP contribution in [0.15, 0.2) is 16.7 Å². The highest BCUT2D eigenvalue weighted by Gasteiger charge is 2.05. The predicted molar refractivity (Wildman–Crippen MR) is 77.3 cm³/mol. The van der Waals surface area contributed by atoms with E-state index in [2.05, 4.69) is 58.4 Å². The van der Waals surface area contributed by atoms with E-state index in [1.54, 1.807) is 0 Å². The number of aromatic nitrogens is 1. The van der Waals surface area contributed by atoms with Gasteiger partial charge in [-0.25, -0.2) is 4.98 Å². The molecule has 96 valence electrons. The van der Waals surface area contributed by atoms with E-state index in [0.717, 1.165) is 36.3 Å². The first kappa shape index (κ1) is 14.5. The van der Waals surface area contributed by atoms with Gasteiger partial charge in [0, 0.05) is 29.3 Å². The normalized spacial score (nSPS) is 10.9. The van der Waals surface area contributed by atoms with Crippen LogP contribution in [-0.2, 0) is 6.54 Å². The Bertz CT molecular complexity index is 339. The van der Waals surface area contributed by atoms with E-state index in [-0.39, 0.29) is 0 Å². The molecule has 0 aliphatic rings. The lowest BCUT2D eigenvalue weighted by Gasteiger charge is -2.13. The lowest BCUT2D eigenvalue weighted by Crippen LogP contribution is -2.17. The van der Waals surface area contributed by atoms with E-state index in [9.17, 15) is 0 Å². The van der Waals surface area contributed by atoms with Crippen LogP contribution in [0.1, 0.15) is 32.8 Å². The standard InChI is InChI=1S/C13H22BrN3/c1-4-5-15-8-11-6-12(14)9-17-13(11)16-7-10(2)3/h6,9-10,15H,4-5,7-8H2,1-3H3,(H,16,17).